The highest BCUT2D eigenvalue weighted by Crippen LogP contribution is 2.15. The number of benzene rings is 2. The van der Waals surface area contributed by atoms with Crippen LogP contribution in [0.4, 0.5) is 0 Å². The molecule has 0 aliphatic rings. The minimum Gasteiger partial charge on any atom is -0.493 e. The predicted molar refractivity (Wildman–Crippen MR) is 181 cm³/mol. The Morgan fingerprint density at radius 3 is 1.79 bits per heavy atom. The maximum atomic E-state index is 10.4. The maximum Gasteiger partial charge on any atom is 0.183 e. The first-order chi connectivity index (χ1) is 21.1. The van der Waals surface area contributed by atoms with Crippen molar-refractivity contribution >= 4 is 39.1 Å². The molecule has 0 fully saturated rings. The van der Waals surface area contributed by atoms with Gasteiger partial charge in [-0.1, -0.05) is 106 Å². The second-order valence-corrected chi connectivity index (χ2v) is 11.0. The Morgan fingerprint density at radius 1 is 0.698 bits per heavy atom. The van der Waals surface area contributed by atoms with E-state index in [1.807, 2.05) is 42.5 Å². The largest absolute Gasteiger partial charge is 0.493 e. The van der Waals surface area contributed by atoms with Crippen LogP contribution in [0.5, 0.6) is 5.75 Å². The summed E-state index contributed by atoms with van der Waals surface area (Å²) < 4.78 is 16.8. The van der Waals surface area contributed by atoms with Crippen molar-refractivity contribution < 1.29 is 14.2 Å². The molecule has 2 aromatic carbocycles. The molecule has 0 aliphatic heterocycles. The van der Waals surface area contributed by atoms with Crippen molar-refractivity contribution in [3.05, 3.63) is 129 Å². The van der Waals surface area contributed by atoms with Crippen LogP contribution in [0.15, 0.2) is 102 Å². The highest BCUT2D eigenvalue weighted by Gasteiger charge is 1.97. The van der Waals surface area contributed by atoms with Gasteiger partial charge in [0.2, 0.25) is 0 Å². The lowest BCUT2D eigenvalue weighted by Gasteiger charge is -2.06. The molecule has 0 bridgehead atoms. The number of aromatic amines is 1. The second kappa shape index (κ2) is 24.7. The average molecular weight is 693 g/mol. The Hall–Kier alpha value is -2.68. The summed E-state index contributed by atoms with van der Waals surface area (Å²) in [6, 6.07) is 26.8. The summed E-state index contributed by atoms with van der Waals surface area (Å²) in [4.78, 5) is 16.9. The van der Waals surface area contributed by atoms with Crippen LogP contribution in [0, 0.1) is 0 Å². The zero-order valence-electron chi connectivity index (χ0n) is 24.4. The maximum absolute atomic E-state index is 10.4. The molecule has 232 valence electrons. The van der Waals surface area contributed by atoms with Crippen molar-refractivity contribution in [1.29, 1.82) is 0 Å². The number of nitrogens with zero attached hydrogens (tertiary/aromatic N) is 1. The fraction of sp³-hybridized carbons (Fsp3) is 0.353. The quantitative estimate of drug-likeness (QED) is 0.0720. The van der Waals surface area contributed by atoms with Gasteiger partial charge in [-0.15, -0.1) is 0 Å². The number of rotatable bonds is 16. The van der Waals surface area contributed by atoms with Crippen molar-refractivity contribution in [2.75, 3.05) is 25.2 Å². The van der Waals surface area contributed by atoms with E-state index in [9.17, 15) is 4.79 Å². The number of pyridine rings is 2. The van der Waals surface area contributed by atoms with Gasteiger partial charge in [0, 0.05) is 49.1 Å². The first-order valence-electron chi connectivity index (χ1n) is 14.4. The lowest BCUT2D eigenvalue weighted by Crippen LogP contribution is -2.00. The van der Waals surface area contributed by atoms with Crippen molar-refractivity contribution in [2.45, 2.75) is 51.7 Å². The van der Waals surface area contributed by atoms with Crippen molar-refractivity contribution in [1.82, 2.24) is 9.97 Å². The Kier molecular flexibility index (Phi) is 21.0. The van der Waals surface area contributed by atoms with Crippen LogP contribution in [0.1, 0.15) is 49.7 Å². The Balaban J connectivity index is 0.000000251. The summed E-state index contributed by atoms with van der Waals surface area (Å²) >= 11 is 14.6. The molecule has 9 heteroatoms. The van der Waals surface area contributed by atoms with E-state index in [-0.39, 0.29) is 5.43 Å². The Bertz CT molecular complexity index is 1280. The molecular weight excluding hydrogens is 651 g/mol. The minimum absolute atomic E-state index is 0.0752. The minimum atomic E-state index is -0.0752. The van der Waals surface area contributed by atoms with Crippen molar-refractivity contribution in [3.63, 3.8) is 0 Å². The van der Waals surface area contributed by atoms with Crippen LogP contribution >= 0.6 is 39.1 Å². The van der Waals surface area contributed by atoms with Crippen molar-refractivity contribution in [3.8, 4) is 5.75 Å². The molecule has 0 atom stereocenters. The number of nitrogens with one attached hydrogen (secondary N) is 1. The fourth-order valence-corrected chi connectivity index (χ4v) is 4.30. The second-order valence-electron chi connectivity index (χ2n) is 9.42. The van der Waals surface area contributed by atoms with Gasteiger partial charge in [-0.05, 0) is 49.3 Å². The summed E-state index contributed by atoms with van der Waals surface area (Å²) in [7, 11) is 0. The molecule has 2 aromatic heterocycles. The van der Waals surface area contributed by atoms with E-state index in [1.54, 1.807) is 12.3 Å². The number of H-pyrrole nitrogens is 1. The number of hydrogen-bond donors (Lipinski definition) is 1. The summed E-state index contributed by atoms with van der Waals surface area (Å²) in [6.45, 7) is 3.79. The molecule has 4 aromatic rings. The van der Waals surface area contributed by atoms with E-state index in [1.165, 1.54) is 48.7 Å². The van der Waals surface area contributed by atoms with Gasteiger partial charge in [0.1, 0.15) is 16.1 Å². The van der Waals surface area contributed by atoms with Crippen LogP contribution in [0.3, 0.4) is 0 Å². The standard InChI is InChI=1S/C17H20ClNO2.C12H17BrO.C5H4ClNO/c18-17-13-16(9-10-19-17)21-12-6-2-5-11-20-14-15-7-3-1-4-8-15;13-9-5-2-6-10-14-11-12-7-3-1-4-8-12;6-5-3-4(8)1-2-7-5/h1,3-4,7-10,13H,2,5-6,11-12,14H2;1,3-4,7-8H,2,5-6,9-11H2;1-3H,(H,7,8). The third-order valence-electron chi connectivity index (χ3n) is 5.78. The van der Waals surface area contributed by atoms with Crippen molar-refractivity contribution in [2.24, 2.45) is 0 Å². The normalized spacial score (nSPS) is 10.2. The topological polar surface area (TPSA) is 73.4 Å². The zero-order valence-corrected chi connectivity index (χ0v) is 27.5. The third-order valence-corrected chi connectivity index (χ3v) is 6.77. The van der Waals surface area contributed by atoms with E-state index >= 15 is 0 Å². The molecule has 0 amide bonds. The lowest BCUT2D eigenvalue weighted by atomic mass is 10.2. The highest BCUT2D eigenvalue weighted by atomic mass is 79.9. The van der Waals surface area contributed by atoms with E-state index < -0.39 is 0 Å². The van der Waals surface area contributed by atoms with Crippen LogP contribution in [-0.2, 0) is 22.7 Å². The molecule has 43 heavy (non-hydrogen) atoms. The van der Waals surface area contributed by atoms with Gasteiger partial charge in [-0.25, -0.2) is 4.98 Å². The number of alkyl halides is 1. The molecular formula is C34H41BrCl2N2O4. The zero-order chi connectivity index (χ0) is 30.8. The molecule has 0 aliphatic carbocycles. The van der Waals surface area contributed by atoms with Gasteiger partial charge < -0.3 is 19.2 Å². The van der Waals surface area contributed by atoms with E-state index in [0.717, 1.165) is 50.2 Å². The first kappa shape index (κ1) is 36.5. The molecule has 4 rings (SSSR count). The van der Waals surface area contributed by atoms with E-state index in [4.69, 9.17) is 37.4 Å². The summed E-state index contributed by atoms with van der Waals surface area (Å²) in [5.74, 6) is 0.773. The number of aromatic nitrogens is 2. The number of ether oxygens (including phenoxy) is 3. The van der Waals surface area contributed by atoms with Crippen LogP contribution < -0.4 is 10.2 Å². The Morgan fingerprint density at radius 2 is 1.28 bits per heavy atom. The first-order valence-corrected chi connectivity index (χ1v) is 16.3. The molecule has 1 N–H and O–H groups in total. The van der Waals surface area contributed by atoms with Crippen LogP contribution in [0.25, 0.3) is 0 Å². The summed E-state index contributed by atoms with van der Waals surface area (Å²) in [5, 5.41) is 1.94. The number of halogens is 3. The Labute approximate surface area is 273 Å². The van der Waals surface area contributed by atoms with Gasteiger partial charge in [-0.2, -0.15) is 0 Å². The van der Waals surface area contributed by atoms with Gasteiger partial charge in [0.05, 0.1) is 19.8 Å². The monoisotopic (exact) mass is 690 g/mol. The SMILES string of the molecule is BrCCCCCOCc1ccccc1.Clc1cc(OCCCCCOCc2ccccc2)ccn1.O=c1cc[nH]c(Cl)c1. The fourth-order valence-electron chi connectivity index (χ4n) is 3.57. The van der Waals surface area contributed by atoms with Gasteiger partial charge in [0.25, 0.3) is 0 Å². The molecule has 0 radical (unpaired) electrons. The summed E-state index contributed by atoms with van der Waals surface area (Å²) in [6.07, 6.45) is 9.96. The number of hydrogen-bond acceptors (Lipinski definition) is 5. The highest BCUT2D eigenvalue weighted by molar-refractivity contribution is 9.09. The molecule has 0 saturated carbocycles. The third kappa shape index (κ3) is 20.0. The lowest BCUT2D eigenvalue weighted by molar-refractivity contribution is 0.116. The van der Waals surface area contributed by atoms with Gasteiger partial charge in [0.15, 0.2) is 5.43 Å². The van der Waals surface area contributed by atoms with Crippen LogP contribution in [0.2, 0.25) is 10.3 Å². The average Bonchev–Trinajstić information content (AvgIpc) is 3.02. The van der Waals surface area contributed by atoms with E-state index in [2.05, 4.69) is 50.2 Å². The smallest absolute Gasteiger partial charge is 0.183 e. The van der Waals surface area contributed by atoms with Crippen LogP contribution in [-0.4, -0.2) is 35.1 Å². The molecule has 0 spiro atoms. The molecule has 2 heterocycles. The molecule has 6 nitrogen and oxygen atoms in total. The molecule has 0 unspecified atom stereocenters. The van der Waals surface area contributed by atoms with E-state index in [0.29, 0.717) is 23.5 Å². The van der Waals surface area contributed by atoms with Gasteiger partial charge in [-0.3, -0.25) is 4.79 Å². The molecule has 0 saturated heterocycles. The predicted octanol–water partition coefficient (Wildman–Crippen LogP) is 9.30. The van der Waals surface area contributed by atoms with Gasteiger partial charge >= 0.3 is 0 Å². The number of unbranched alkanes of at least 4 members (excludes halogenated alkanes) is 4. The summed E-state index contributed by atoms with van der Waals surface area (Å²) in [5.41, 5.74) is 2.40.